The third-order valence-electron chi connectivity index (χ3n) is 2.60. The predicted molar refractivity (Wildman–Crippen MR) is 71.4 cm³/mol. The molecule has 0 aliphatic carbocycles. The number of amides is 1. The van der Waals surface area contributed by atoms with Crippen LogP contribution in [0.25, 0.3) is 0 Å². The lowest BCUT2D eigenvalue weighted by molar-refractivity contribution is -0.121. The Morgan fingerprint density at radius 2 is 2.33 bits per heavy atom. The summed E-state index contributed by atoms with van der Waals surface area (Å²) in [7, 11) is 0. The number of nitrogens with two attached hydrogens (primary N) is 1. The maximum atomic E-state index is 11.4. The first kappa shape index (κ1) is 14.8. The van der Waals surface area contributed by atoms with E-state index in [2.05, 4.69) is 15.6 Å². The van der Waals surface area contributed by atoms with E-state index in [-0.39, 0.29) is 18.1 Å². The molecular formula is C12H24N4O2. The summed E-state index contributed by atoms with van der Waals surface area (Å²) >= 11 is 0. The minimum atomic E-state index is 0.0180. The summed E-state index contributed by atoms with van der Waals surface area (Å²) in [6.07, 6.45) is 2.75. The van der Waals surface area contributed by atoms with Crippen molar-refractivity contribution in [2.75, 3.05) is 19.7 Å². The van der Waals surface area contributed by atoms with E-state index >= 15 is 0 Å². The van der Waals surface area contributed by atoms with Crippen molar-refractivity contribution in [3.8, 4) is 0 Å². The molecule has 0 bridgehead atoms. The van der Waals surface area contributed by atoms with Gasteiger partial charge in [-0.2, -0.15) is 0 Å². The third kappa shape index (κ3) is 6.44. The number of hydrogen-bond acceptors (Lipinski definition) is 3. The number of guanidine groups is 1. The van der Waals surface area contributed by atoms with Crippen LogP contribution in [0.1, 0.15) is 33.1 Å². The van der Waals surface area contributed by atoms with E-state index < -0.39 is 0 Å². The third-order valence-corrected chi connectivity index (χ3v) is 2.60. The smallest absolute Gasteiger partial charge is 0.221 e. The molecule has 0 spiro atoms. The normalized spacial score (nSPS) is 20.2. The van der Waals surface area contributed by atoms with Gasteiger partial charge in [0.15, 0.2) is 5.96 Å². The molecule has 4 N–H and O–H groups in total. The minimum Gasteiger partial charge on any atom is -0.376 e. The Labute approximate surface area is 108 Å². The van der Waals surface area contributed by atoms with Crippen molar-refractivity contribution in [3.05, 3.63) is 0 Å². The molecule has 0 aromatic rings. The second kappa shape index (κ2) is 7.92. The van der Waals surface area contributed by atoms with Gasteiger partial charge in [-0.25, -0.2) is 0 Å². The Morgan fingerprint density at radius 1 is 1.56 bits per heavy atom. The predicted octanol–water partition coefficient (Wildman–Crippen LogP) is -0.0156. The van der Waals surface area contributed by atoms with E-state index in [1.165, 1.54) is 0 Å². The summed E-state index contributed by atoms with van der Waals surface area (Å²) in [6.45, 7) is 5.78. The molecule has 0 aromatic heterocycles. The fourth-order valence-corrected chi connectivity index (χ4v) is 1.74. The first-order valence-electron chi connectivity index (χ1n) is 6.52. The molecule has 1 amide bonds. The lowest BCUT2D eigenvalue weighted by atomic mass is 10.2. The van der Waals surface area contributed by atoms with Crippen LogP contribution in [0, 0.1) is 0 Å². The summed E-state index contributed by atoms with van der Waals surface area (Å²) in [5, 5.41) is 5.74. The molecule has 1 aliphatic heterocycles. The topological polar surface area (TPSA) is 88.7 Å². The van der Waals surface area contributed by atoms with E-state index in [1.54, 1.807) is 0 Å². The van der Waals surface area contributed by atoms with Crippen LogP contribution in [0.4, 0.5) is 0 Å². The number of aliphatic imine (C=N–C) groups is 1. The van der Waals surface area contributed by atoms with E-state index in [9.17, 15) is 4.79 Å². The average molecular weight is 256 g/mol. The second-order valence-corrected chi connectivity index (χ2v) is 4.76. The van der Waals surface area contributed by atoms with Crippen molar-refractivity contribution in [1.82, 2.24) is 10.6 Å². The Kier molecular flexibility index (Phi) is 6.49. The highest BCUT2D eigenvalue weighted by atomic mass is 16.5. The van der Waals surface area contributed by atoms with Gasteiger partial charge in [-0.3, -0.25) is 9.79 Å². The van der Waals surface area contributed by atoms with Crippen LogP contribution >= 0.6 is 0 Å². The zero-order chi connectivity index (χ0) is 13.4. The van der Waals surface area contributed by atoms with E-state index in [0.29, 0.717) is 25.5 Å². The van der Waals surface area contributed by atoms with Crippen LogP contribution in [-0.2, 0) is 9.53 Å². The van der Waals surface area contributed by atoms with Crippen molar-refractivity contribution in [1.29, 1.82) is 0 Å². The molecule has 1 aliphatic rings. The largest absolute Gasteiger partial charge is 0.376 e. The van der Waals surface area contributed by atoms with Gasteiger partial charge in [0.25, 0.3) is 0 Å². The fraction of sp³-hybridized carbons (Fsp3) is 0.833. The average Bonchev–Trinajstić information content (AvgIpc) is 2.78. The maximum Gasteiger partial charge on any atom is 0.221 e. The van der Waals surface area contributed by atoms with Crippen molar-refractivity contribution in [3.63, 3.8) is 0 Å². The number of nitrogens with one attached hydrogen (secondary N) is 2. The van der Waals surface area contributed by atoms with Gasteiger partial charge in [-0.15, -0.1) is 0 Å². The van der Waals surface area contributed by atoms with Crippen LogP contribution < -0.4 is 16.4 Å². The molecule has 6 nitrogen and oxygen atoms in total. The molecular weight excluding hydrogens is 232 g/mol. The fourth-order valence-electron chi connectivity index (χ4n) is 1.74. The van der Waals surface area contributed by atoms with E-state index in [1.807, 2.05) is 13.8 Å². The Morgan fingerprint density at radius 3 is 2.94 bits per heavy atom. The molecule has 0 saturated carbocycles. The highest BCUT2D eigenvalue weighted by Gasteiger charge is 2.14. The molecule has 1 unspecified atom stereocenters. The van der Waals surface area contributed by atoms with Gasteiger partial charge < -0.3 is 21.1 Å². The van der Waals surface area contributed by atoms with Gasteiger partial charge in [-0.1, -0.05) is 0 Å². The Bertz CT molecular complexity index is 286. The highest BCUT2D eigenvalue weighted by Crippen LogP contribution is 2.11. The van der Waals surface area contributed by atoms with Gasteiger partial charge in [0.1, 0.15) is 0 Å². The zero-order valence-electron chi connectivity index (χ0n) is 11.2. The number of nitrogens with zero attached hydrogens (tertiary/aromatic N) is 1. The monoisotopic (exact) mass is 256 g/mol. The Balaban J connectivity index is 2.10. The van der Waals surface area contributed by atoms with E-state index in [4.69, 9.17) is 10.5 Å². The lowest BCUT2D eigenvalue weighted by Gasteiger charge is -2.10. The number of rotatable bonds is 6. The van der Waals surface area contributed by atoms with Crippen molar-refractivity contribution in [2.24, 2.45) is 10.7 Å². The summed E-state index contributed by atoms with van der Waals surface area (Å²) in [5.41, 5.74) is 5.69. The summed E-state index contributed by atoms with van der Waals surface area (Å²) < 4.78 is 5.44. The van der Waals surface area contributed by atoms with Crippen LogP contribution in [-0.4, -0.2) is 43.7 Å². The molecule has 1 heterocycles. The first-order chi connectivity index (χ1) is 8.58. The molecule has 1 saturated heterocycles. The molecule has 0 radical (unpaired) electrons. The highest BCUT2D eigenvalue weighted by molar-refractivity contribution is 5.80. The molecule has 1 atom stereocenters. The summed E-state index contributed by atoms with van der Waals surface area (Å²) in [5.74, 6) is 0.396. The molecule has 18 heavy (non-hydrogen) atoms. The molecule has 0 aromatic carbocycles. The van der Waals surface area contributed by atoms with Crippen LogP contribution in [0.5, 0.6) is 0 Å². The second-order valence-electron chi connectivity index (χ2n) is 4.76. The lowest BCUT2D eigenvalue weighted by Crippen LogP contribution is -2.37. The molecule has 6 heteroatoms. The van der Waals surface area contributed by atoms with Gasteiger partial charge in [0.05, 0.1) is 12.6 Å². The standard InChI is InChI=1S/C12H24N4O2/c1-9(2)16-11(17)5-6-14-12(13)15-8-10-4-3-7-18-10/h9-10H,3-8H2,1-2H3,(H,16,17)(H3,13,14,15). The minimum absolute atomic E-state index is 0.0180. The van der Waals surface area contributed by atoms with Crippen LogP contribution in [0.15, 0.2) is 4.99 Å². The number of hydrogen-bond donors (Lipinski definition) is 3. The SMILES string of the molecule is CC(C)NC(=O)CCNC(N)=NCC1CCCO1. The van der Waals surface area contributed by atoms with Crippen LogP contribution in [0.3, 0.4) is 0 Å². The Hall–Kier alpha value is -1.30. The van der Waals surface area contributed by atoms with Gasteiger partial charge in [-0.05, 0) is 26.7 Å². The van der Waals surface area contributed by atoms with Crippen molar-refractivity contribution in [2.45, 2.75) is 45.3 Å². The van der Waals surface area contributed by atoms with Gasteiger partial charge in [0, 0.05) is 25.6 Å². The quantitative estimate of drug-likeness (QED) is 0.460. The summed E-state index contributed by atoms with van der Waals surface area (Å²) in [4.78, 5) is 15.5. The maximum absolute atomic E-state index is 11.4. The number of carbonyl (C=O) groups is 1. The molecule has 1 rings (SSSR count). The molecule has 1 fully saturated rings. The number of carbonyl (C=O) groups excluding carboxylic acids is 1. The first-order valence-corrected chi connectivity index (χ1v) is 6.52. The van der Waals surface area contributed by atoms with Crippen molar-refractivity contribution < 1.29 is 9.53 Å². The zero-order valence-corrected chi connectivity index (χ0v) is 11.2. The molecule has 104 valence electrons. The van der Waals surface area contributed by atoms with Gasteiger partial charge >= 0.3 is 0 Å². The summed E-state index contributed by atoms with van der Waals surface area (Å²) in [6, 6.07) is 0.169. The van der Waals surface area contributed by atoms with Gasteiger partial charge in [0.2, 0.25) is 5.91 Å². The van der Waals surface area contributed by atoms with Crippen LogP contribution in [0.2, 0.25) is 0 Å². The van der Waals surface area contributed by atoms with Crippen molar-refractivity contribution >= 4 is 11.9 Å². The van der Waals surface area contributed by atoms with E-state index in [0.717, 1.165) is 19.4 Å². The number of ether oxygens (including phenoxy) is 1.